The van der Waals surface area contributed by atoms with Crippen LogP contribution in [-0.4, -0.2) is 44.0 Å². The lowest BCUT2D eigenvalue weighted by Gasteiger charge is -2.51. The Morgan fingerprint density at radius 3 is 2.19 bits per heavy atom. The molecular formula is C20H37NO4Si. The Morgan fingerprint density at radius 1 is 1.12 bits per heavy atom. The van der Waals surface area contributed by atoms with Crippen molar-refractivity contribution in [2.45, 2.75) is 97.0 Å². The quantitative estimate of drug-likeness (QED) is 0.439. The number of likely N-dealkylation sites (tertiary alicyclic amines) is 1. The fourth-order valence-corrected chi connectivity index (χ4v) is 7.10. The number of imide groups is 1. The van der Waals surface area contributed by atoms with Crippen molar-refractivity contribution in [3.63, 3.8) is 0 Å². The van der Waals surface area contributed by atoms with E-state index in [0.717, 1.165) is 31.0 Å². The van der Waals surface area contributed by atoms with Crippen molar-refractivity contribution < 1.29 is 18.8 Å². The third kappa shape index (κ3) is 4.50. The molecule has 0 unspecified atom stereocenters. The Kier molecular flexibility index (Phi) is 7.71. The van der Waals surface area contributed by atoms with Gasteiger partial charge in [-0.1, -0.05) is 53.9 Å². The molecule has 2 fully saturated rings. The van der Waals surface area contributed by atoms with Crippen molar-refractivity contribution in [1.82, 2.24) is 4.90 Å². The van der Waals surface area contributed by atoms with E-state index in [9.17, 15) is 9.59 Å². The second-order valence-corrected chi connectivity index (χ2v) is 13.1. The van der Waals surface area contributed by atoms with Gasteiger partial charge in [-0.2, -0.15) is 0 Å². The third-order valence-corrected chi connectivity index (χ3v) is 10.9. The van der Waals surface area contributed by atoms with Gasteiger partial charge < -0.3 is 9.16 Å². The average molecular weight is 384 g/mol. The second kappa shape index (κ2) is 9.35. The summed E-state index contributed by atoms with van der Waals surface area (Å²) in [6, 6.07) is 2.91. The van der Waals surface area contributed by atoms with Gasteiger partial charge in [0, 0.05) is 0 Å². The number of nitrogens with zero attached hydrogens (tertiary/aromatic N) is 1. The van der Waals surface area contributed by atoms with Gasteiger partial charge in [-0.05, 0) is 42.8 Å². The molecule has 0 aromatic carbocycles. The monoisotopic (exact) mass is 383 g/mol. The first kappa shape index (κ1) is 21.4. The smallest absolute Gasteiger partial charge is 0.416 e. The maximum absolute atomic E-state index is 12.8. The highest BCUT2D eigenvalue weighted by atomic mass is 28.4. The molecule has 0 bridgehead atoms. The van der Waals surface area contributed by atoms with Crippen LogP contribution in [0.25, 0.3) is 0 Å². The molecule has 5 nitrogen and oxygen atoms in total. The van der Waals surface area contributed by atoms with Crippen LogP contribution in [0.2, 0.25) is 18.1 Å². The zero-order chi connectivity index (χ0) is 19.3. The van der Waals surface area contributed by atoms with Gasteiger partial charge in [-0.3, -0.25) is 4.79 Å². The predicted molar refractivity (Wildman–Crippen MR) is 105 cm³/mol. The van der Waals surface area contributed by atoms with Crippen LogP contribution in [0.15, 0.2) is 0 Å². The fourth-order valence-electron chi connectivity index (χ4n) is 4.33. The van der Waals surface area contributed by atoms with Gasteiger partial charge in [0.15, 0.2) is 8.32 Å². The minimum atomic E-state index is -1.90. The highest BCUT2D eigenvalue weighted by Crippen LogP contribution is 2.40. The highest BCUT2D eigenvalue weighted by Gasteiger charge is 2.57. The molecule has 2 rings (SSSR count). The maximum Gasteiger partial charge on any atom is 0.416 e. The molecule has 2 amide bonds. The van der Waals surface area contributed by atoms with Crippen LogP contribution in [0.4, 0.5) is 4.79 Å². The van der Waals surface area contributed by atoms with Crippen LogP contribution in [0.1, 0.15) is 66.7 Å². The number of β-lactam (4-membered cyclic amide) rings is 1. The van der Waals surface area contributed by atoms with E-state index in [2.05, 4.69) is 20.8 Å². The lowest BCUT2D eigenvalue weighted by atomic mass is 9.77. The topological polar surface area (TPSA) is 55.8 Å². The van der Waals surface area contributed by atoms with Crippen molar-refractivity contribution in [1.29, 1.82) is 0 Å². The molecule has 0 aromatic heterocycles. The van der Waals surface area contributed by atoms with Gasteiger partial charge in [0.2, 0.25) is 0 Å². The van der Waals surface area contributed by atoms with Gasteiger partial charge in [0.1, 0.15) is 6.10 Å². The van der Waals surface area contributed by atoms with E-state index >= 15 is 0 Å². The van der Waals surface area contributed by atoms with Crippen LogP contribution in [-0.2, 0) is 14.0 Å². The first-order valence-electron chi connectivity index (χ1n) is 10.6. The first-order valence-corrected chi connectivity index (χ1v) is 13.1. The number of rotatable bonds is 8. The lowest BCUT2D eigenvalue weighted by molar-refractivity contribution is -0.165. The van der Waals surface area contributed by atoms with E-state index < -0.39 is 20.5 Å². The highest BCUT2D eigenvalue weighted by molar-refractivity contribution is 6.73. The van der Waals surface area contributed by atoms with E-state index in [0.29, 0.717) is 12.5 Å². The first-order chi connectivity index (χ1) is 12.4. The molecule has 6 heteroatoms. The van der Waals surface area contributed by atoms with Gasteiger partial charge in [0.25, 0.3) is 5.91 Å². The van der Waals surface area contributed by atoms with E-state index in [1.165, 1.54) is 24.2 Å². The normalized spacial score (nSPS) is 24.7. The van der Waals surface area contributed by atoms with Crippen LogP contribution in [0, 0.1) is 11.8 Å². The van der Waals surface area contributed by atoms with Crippen molar-refractivity contribution >= 4 is 20.3 Å². The summed E-state index contributed by atoms with van der Waals surface area (Å²) in [6.07, 6.45) is 4.84. The molecule has 1 aliphatic heterocycles. The Labute approximate surface area is 159 Å². The molecule has 0 N–H and O–H groups in total. The van der Waals surface area contributed by atoms with E-state index in [-0.39, 0.29) is 17.9 Å². The van der Waals surface area contributed by atoms with Crippen LogP contribution >= 0.6 is 0 Å². The zero-order valence-corrected chi connectivity index (χ0v) is 18.3. The number of hydrogen-bond acceptors (Lipinski definition) is 4. The summed E-state index contributed by atoms with van der Waals surface area (Å²) in [5.74, 6) is 0.438. The Balaban J connectivity index is 2.16. The number of carbonyl (C=O) groups is 2. The summed E-state index contributed by atoms with van der Waals surface area (Å²) in [6.45, 7) is 10.9. The molecule has 1 saturated carbocycles. The summed E-state index contributed by atoms with van der Waals surface area (Å²) in [4.78, 5) is 26.8. The van der Waals surface area contributed by atoms with Gasteiger partial charge in [-0.25, -0.2) is 9.69 Å². The van der Waals surface area contributed by atoms with Gasteiger partial charge in [0.05, 0.1) is 12.6 Å². The molecule has 1 heterocycles. The van der Waals surface area contributed by atoms with E-state index in [4.69, 9.17) is 9.16 Å². The zero-order valence-electron chi connectivity index (χ0n) is 17.3. The predicted octanol–water partition coefficient (Wildman–Crippen LogP) is 4.96. The van der Waals surface area contributed by atoms with Crippen molar-refractivity contribution in [3.8, 4) is 0 Å². The summed E-state index contributed by atoms with van der Waals surface area (Å²) in [5.41, 5.74) is 0. The number of amides is 2. The van der Waals surface area contributed by atoms with E-state index in [1.807, 2.05) is 13.8 Å². The summed E-state index contributed by atoms with van der Waals surface area (Å²) in [7, 11) is -1.90. The molecule has 150 valence electrons. The van der Waals surface area contributed by atoms with E-state index in [1.54, 1.807) is 0 Å². The SMILES string of the molecule is CC[Si](CC)(CC)O[C@H]1C(=O)N(C(=O)OCC(C)C)[C@H]1C1CCCCC1. The van der Waals surface area contributed by atoms with Crippen LogP contribution in [0.5, 0.6) is 0 Å². The Morgan fingerprint density at radius 2 is 1.69 bits per heavy atom. The molecule has 2 aliphatic rings. The van der Waals surface area contributed by atoms with Crippen LogP contribution < -0.4 is 0 Å². The van der Waals surface area contributed by atoms with Gasteiger partial charge in [-0.15, -0.1) is 0 Å². The maximum atomic E-state index is 12.8. The summed E-state index contributed by atoms with van der Waals surface area (Å²) in [5, 5.41) is 0. The van der Waals surface area contributed by atoms with Crippen molar-refractivity contribution in [2.24, 2.45) is 11.8 Å². The summed E-state index contributed by atoms with van der Waals surface area (Å²) >= 11 is 0. The molecule has 0 radical (unpaired) electrons. The average Bonchev–Trinajstić information content (AvgIpc) is 2.66. The molecule has 1 saturated heterocycles. The Hall–Kier alpha value is -0.883. The number of ether oxygens (including phenoxy) is 1. The molecule has 1 aliphatic carbocycles. The van der Waals surface area contributed by atoms with Crippen molar-refractivity contribution in [3.05, 3.63) is 0 Å². The molecule has 26 heavy (non-hydrogen) atoms. The second-order valence-electron chi connectivity index (χ2n) is 8.35. The van der Waals surface area contributed by atoms with Gasteiger partial charge >= 0.3 is 6.09 Å². The molecular weight excluding hydrogens is 346 g/mol. The molecule has 2 atom stereocenters. The lowest BCUT2D eigenvalue weighted by Crippen LogP contribution is -2.72. The minimum Gasteiger partial charge on any atom is -0.449 e. The number of hydrogen-bond donors (Lipinski definition) is 0. The molecule has 0 spiro atoms. The number of carbonyl (C=O) groups excluding carboxylic acids is 2. The Bertz CT molecular complexity index is 478. The third-order valence-electron chi connectivity index (χ3n) is 6.27. The largest absolute Gasteiger partial charge is 0.449 e. The standard InChI is InChI=1S/C20H37NO4Si/c1-6-26(7-2,8-3)25-18-17(16-12-10-9-11-13-16)21(19(18)22)20(23)24-14-15(4)5/h15-18H,6-14H2,1-5H3/t17-,18+/m0/s1. The minimum absolute atomic E-state index is 0.126. The fraction of sp³-hybridized carbons (Fsp3) is 0.900. The molecule has 0 aromatic rings. The van der Waals surface area contributed by atoms with Crippen molar-refractivity contribution in [2.75, 3.05) is 6.61 Å². The summed E-state index contributed by atoms with van der Waals surface area (Å²) < 4.78 is 11.9. The van der Waals surface area contributed by atoms with Crippen LogP contribution in [0.3, 0.4) is 0 Å².